The Morgan fingerprint density at radius 1 is 1.39 bits per heavy atom. The lowest BCUT2D eigenvalue weighted by Gasteiger charge is -2.24. The van der Waals surface area contributed by atoms with Crippen molar-refractivity contribution in [3.8, 4) is 6.07 Å². The quantitative estimate of drug-likeness (QED) is 0.799. The minimum absolute atomic E-state index is 0.0250. The van der Waals surface area contributed by atoms with E-state index in [-0.39, 0.29) is 5.91 Å². The van der Waals surface area contributed by atoms with E-state index in [1.165, 1.54) is 0 Å². The van der Waals surface area contributed by atoms with Crippen molar-refractivity contribution in [1.82, 2.24) is 4.90 Å². The predicted molar refractivity (Wildman–Crippen MR) is 72.2 cm³/mol. The van der Waals surface area contributed by atoms with Gasteiger partial charge in [-0.15, -0.1) is 0 Å². The monoisotopic (exact) mass is 244 g/mol. The van der Waals surface area contributed by atoms with Crippen LogP contribution >= 0.6 is 0 Å². The minimum atomic E-state index is 0.0250. The molecule has 3 heteroatoms. The predicted octanol–water partition coefficient (Wildman–Crippen LogP) is 3.01. The van der Waals surface area contributed by atoms with Crippen LogP contribution in [0.1, 0.15) is 36.2 Å². The molecule has 0 N–H and O–H groups in total. The van der Waals surface area contributed by atoms with Crippen molar-refractivity contribution in [2.24, 2.45) is 5.92 Å². The third-order valence-corrected chi connectivity index (χ3v) is 2.74. The van der Waals surface area contributed by atoms with Crippen LogP contribution in [0.3, 0.4) is 0 Å². The number of nitriles is 1. The second-order valence-corrected chi connectivity index (χ2v) is 4.87. The summed E-state index contributed by atoms with van der Waals surface area (Å²) < 4.78 is 0. The fraction of sp³-hybridized carbons (Fsp3) is 0.467. The molecule has 0 aliphatic carbocycles. The van der Waals surface area contributed by atoms with Gasteiger partial charge in [0, 0.05) is 18.7 Å². The second kappa shape index (κ2) is 6.80. The molecule has 0 aromatic heterocycles. The SMILES string of the molecule is Cc1ccccc1C(=O)N(CCC#N)CC(C)C. The molecule has 1 aromatic carbocycles. The molecule has 3 nitrogen and oxygen atoms in total. The van der Waals surface area contributed by atoms with E-state index in [4.69, 9.17) is 5.26 Å². The third-order valence-electron chi connectivity index (χ3n) is 2.74. The molecule has 1 aromatic rings. The van der Waals surface area contributed by atoms with E-state index in [9.17, 15) is 4.79 Å². The molecular weight excluding hydrogens is 224 g/mol. The Labute approximate surface area is 109 Å². The number of nitrogens with zero attached hydrogens (tertiary/aromatic N) is 2. The molecule has 0 saturated carbocycles. The Morgan fingerprint density at radius 2 is 2.06 bits per heavy atom. The molecule has 0 radical (unpaired) electrons. The van der Waals surface area contributed by atoms with Crippen LogP contribution in [-0.2, 0) is 0 Å². The first-order chi connectivity index (χ1) is 8.56. The van der Waals surface area contributed by atoms with Crippen LogP contribution in [0, 0.1) is 24.2 Å². The molecule has 0 unspecified atom stereocenters. The summed E-state index contributed by atoms with van der Waals surface area (Å²) in [6.07, 6.45) is 0.379. The first-order valence-electron chi connectivity index (χ1n) is 6.28. The normalized spacial score (nSPS) is 10.2. The maximum absolute atomic E-state index is 12.4. The Kier molecular flexibility index (Phi) is 5.38. The van der Waals surface area contributed by atoms with E-state index in [2.05, 4.69) is 19.9 Å². The van der Waals surface area contributed by atoms with Crippen molar-refractivity contribution in [3.63, 3.8) is 0 Å². The van der Waals surface area contributed by atoms with Gasteiger partial charge in [0.25, 0.3) is 5.91 Å². The maximum Gasteiger partial charge on any atom is 0.254 e. The van der Waals surface area contributed by atoms with Crippen molar-refractivity contribution in [2.75, 3.05) is 13.1 Å². The lowest BCUT2D eigenvalue weighted by Crippen LogP contribution is -2.35. The largest absolute Gasteiger partial charge is 0.337 e. The zero-order chi connectivity index (χ0) is 13.5. The van der Waals surface area contributed by atoms with Crippen molar-refractivity contribution in [1.29, 1.82) is 5.26 Å². The van der Waals surface area contributed by atoms with E-state index in [1.807, 2.05) is 31.2 Å². The van der Waals surface area contributed by atoms with Crippen molar-refractivity contribution < 1.29 is 4.79 Å². The summed E-state index contributed by atoms with van der Waals surface area (Å²) in [5.41, 5.74) is 1.71. The molecule has 0 aliphatic rings. The maximum atomic E-state index is 12.4. The summed E-state index contributed by atoms with van der Waals surface area (Å²) in [6, 6.07) is 9.68. The molecule has 0 saturated heterocycles. The summed E-state index contributed by atoms with van der Waals surface area (Å²) in [5, 5.41) is 8.67. The Hall–Kier alpha value is -1.82. The molecule has 1 rings (SSSR count). The molecule has 0 bridgehead atoms. The van der Waals surface area contributed by atoms with Gasteiger partial charge >= 0.3 is 0 Å². The van der Waals surface area contributed by atoms with Gasteiger partial charge in [0.2, 0.25) is 0 Å². The van der Waals surface area contributed by atoms with Gasteiger partial charge < -0.3 is 4.90 Å². The van der Waals surface area contributed by atoms with E-state index in [0.717, 1.165) is 11.1 Å². The average molecular weight is 244 g/mol. The topological polar surface area (TPSA) is 44.1 Å². The van der Waals surface area contributed by atoms with Crippen LogP contribution in [-0.4, -0.2) is 23.9 Å². The Bertz CT molecular complexity index is 446. The van der Waals surface area contributed by atoms with E-state index >= 15 is 0 Å². The molecule has 18 heavy (non-hydrogen) atoms. The van der Waals surface area contributed by atoms with Crippen LogP contribution < -0.4 is 0 Å². The molecule has 0 spiro atoms. The minimum Gasteiger partial charge on any atom is -0.337 e. The number of carbonyl (C=O) groups is 1. The molecule has 0 atom stereocenters. The van der Waals surface area contributed by atoms with E-state index in [1.54, 1.807) is 4.90 Å². The fourth-order valence-electron chi connectivity index (χ4n) is 1.88. The standard InChI is InChI=1S/C15H20N2O/c1-12(2)11-17(10-6-9-16)15(18)14-8-5-4-7-13(14)3/h4-5,7-8,12H,6,10-11H2,1-3H3. The summed E-state index contributed by atoms with van der Waals surface area (Å²) in [6.45, 7) is 7.27. The molecule has 0 aliphatic heterocycles. The third kappa shape index (κ3) is 3.89. The second-order valence-electron chi connectivity index (χ2n) is 4.87. The average Bonchev–Trinajstić information content (AvgIpc) is 2.34. The molecule has 0 heterocycles. The lowest BCUT2D eigenvalue weighted by molar-refractivity contribution is 0.0739. The summed E-state index contributed by atoms with van der Waals surface area (Å²) in [5.74, 6) is 0.425. The van der Waals surface area contributed by atoms with Crippen LogP contribution in [0.4, 0.5) is 0 Å². The lowest BCUT2D eigenvalue weighted by atomic mass is 10.1. The van der Waals surface area contributed by atoms with Gasteiger partial charge in [-0.2, -0.15) is 5.26 Å². The highest BCUT2D eigenvalue weighted by Crippen LogP contribution is 2.12. The highest BCUT2D eigenvalue weighted by atomic mass is 16.2. The summed E-state index contributed by atoms with van der Waals surface area (Å²) in [7, 11) is 0. The number of aryl methyl sites for hydroxylation is 1. The van der Waals surface area contributed by atoms with E-state index < -0.39 is 0 Å². The van der Waals surface area contributed by atoms with Gasteiger partial charge in [-0.3, -0.25) is 4.79 Å². The summed E-state index contributed by atoms with van der Waals surface area (Å²) >= 11 is 0. The zero-order valence-corrected chi connectivity index (χ0v) is 11.3. The molecule has 1 amide bonds. The first-order valence-corrected chi connectivity index (χ1v) is 6.28. The van der Waals surface area contributed by atoms with Crippen LogP contribution in [0.25, 0.3) is 0 Å². The van der Waals surface area contributed by atoms with Crippen molar-refractivity contribution in [2.45, 2.75) is 27.2 Å². The van der Waals surface area contributed by atoms with Crippen LogP contribution in [0.15, 0.2) is 24.3 Å². The number of hydrogen-bond donors (Lipinski definition) is 0. The first kappa shape index (κ1) is 14.2. The smallest absolute Gasteiger partial charge is 0.254 e. The highest BCUT2D eigenvalue weighted by molar-refractivity contribution is 5.95. The van der Waals surface area contributed by atoms with Crippen molar-refractivity contribution in [3.05, 3.63) is 35.4 Å². The van der Waals surface area contributed by atoms with Gasteiger partial charge in [-0.05, 0) is 24.5 Å². The Balaban J connectivity index is 2.88. The van der Waals surface area contributed by atoms with Gasteiger partial charge in [-0.25, -0.2) is 0 Å². The fourth-order valence-corrected chi connectivity index (χ4v) is 1.88. The molecule has 96 valence electrons. The zero-order valence-electron chi connectivity index (χ0n) is 11.3. The van der Waals surface area contributed by atoms with Gasteiger partial charge in [0.15, 0.2) is 0 Å². The highest BCUT2D eigenvalue weighted by Gasteiger charge is 2.17. The number of carbonyl (C=O) groups excluding carboxylic acids is 1. The Morgan fingerprint density at radius 3 is 2.61 bits per heavy atom. The number of benzene rings is 1. The molecule has 0 fully saturated rings. The van der Waals surface area contributed by atoms with Crippen molar-refractivity contribution >= 4 is 5.91 Å². The molecular formula is C15H20N2O. The van der Waals surface area contributed by atoms with E-state index in [0.29, 0.717) is 25.4 Å². The number of amides is 1. The van der Waals surface area contributed by atoms with Crippen LogP contribution in [0.2, 0.25) is 0 Å². The van der Waals surface area contributed by atoms with Crippen LogP contribution in [0.5, 0.6) is 0 Å². The van der Waals surface area contributed by atoms with Gasteiger partial charge in [0.1, 0.15) is 0 Å². The number of rotatable bonds is 5. The van der Waals surface area contributed by atoms with Gasteiger partial charge in [0.05, 0.1) is 12.5 Å². The van der Waals surface area contributed by atoms with Gasteiger partial charge in [-0.1, -0.05) is 32.0 Å². The number of hydrogen-bond acceptors (Lipinski definition) is 2. The summed E-state index contributed by atoms with van der Waals surface area (Å²) in [4.78, 5) is 14.2.